The monoisotopic (exact) mass is 662 g/mol. The van der Waals surface area contributed by atoms with Gasteiger partial charge in [-0.3, -0.25) is 0 Å². The lowest BCUT2D eigenvalue weighted by Gasteiger charge is -2.33. The number of hydrogen-bond donors (Lipinski definition) is 0. The topological polar surface area (TPSA) is 42.3 Å². The van der Waals surface area contributed by atoms with Gasteiger partial charge in [-0.05, 0) is 87.6 Å². The van der Waals surface area contributed by atoms with Crippen molar-refractivity contribution < 1.29 is 8.42 Å². The first-order valence-electron chi connectivity index (χ1n) is 16.8. The molecule has 10 rings (SSSR count). The van der Waals surface area contributed by atoms with Crippen LogP contribution in [0.4, 0.5) is 11.4 Å². The van der Waals surface area contributed by atoms with Gasteiger partial charge in [-0.1, -0.05) is 121 Å². The van der Waals surface area contributed by atoms with E-state index in [1.54, 1.807) is 4.31 Å². The molecule has 0 saturated carbocycles. The number of sulfonamides is 1. The molecular weight excluding hydrogens is 633 g/mol. The number of hydrogen-bond acceptors (Lipinski definition) is 2. The molecule has 4 nitrogen and oxygen atoms in total. The van der Waals surface area contributed by atoms with E-state index >= 15 is 8.42 Å². The highest BCUT2D eigenvalue weighted by Crippen LogP contribution is 2.53. The third-order valence-electron chi connectivity index (χ3n) is 10.1. The first-order chi connectivity index (χ1) is 24.6. The molecule has 1 aromatic heterocycles. The predicted molar refractivity (Wildman–Crippen MR) is 206 cm³/mol. The number of rotatable bonds is 4. The quantitative estimate of drug-likeness (QED) is 0.176. The van der Waals surface area contributed by atoms with Crippen LogP contribution in [0.2, 0.25) is 0 Å². The van der Waals surface area contributed by atoms with Crippen LogP contribution in [0, 0.1) is 0 Å². The van der Waals surface area contributed by atoms with E-state index in [-0.39, 0.29) is 0 Å². The van der Waals surface area contributed by atoms with E-state index in [0.717, 1.165) is 66.6 Å². The van der Waals surface area contributed by atoms with Crippen molar-refractivity contribution in [2.24, 2.45) is 0 Å². The van der Waals surface area contributed by atoms with Gasteiger partial charge in [0.05, 0.1) is 27.3 Å². The minimum atomic E-state index is -4.04. The van der Waals surface area contributed by atoms with Crippen molar-refractivity contribution in [2.75, 3.05) is 4.31 Å². The first kappa shape index (κ1) is 28.8. The molecule has 0 atom stereocenters. The summed E-state index contributed by atoms with van der Waals surface area (Å²) in [5.41, 5.74) is 8.21. The molecule has 0 spiro atoms. The fourth-order valence-corrected chi connectivity index (χ4v) is 9.69. The van der Waals surface area contributed by atoms with Gasteiger partial charge in [0.1, 0.15) is 0 Å². The molecule has 0 N–H and O–H groups in total. The van der Waals surface area contributed by atoms with E-state index in [1.165, 1.54) is 11.1 Å². The van der Waals surface area contributed by atoms with Crippen LogP contribution in [0.1, 0.15) is 11.1 Å². The number of anilines is 2. The van der Waals surface area contributed by atoms with Crippen molar-refractivity contribution in [3.63, 3.8) is 0 Å². The number of aromatic nitrogens is 1. The Morgan fingerprint density at radius 2 is 1.14 bits per heavy atom. The van der Waals surface area contributed by atoms with E-state index in [0.29, 0.717) is 16.3 Å². The largest absolute Gasteiger partial charge is 0.309 e. The lowest BCUT2D eigenvalue weighted by atomic mass is 9.87. The van der Waals surface area contributed by atoms with Gasteiger partial charge in [0.25, 0.3) is 10.0 Å². The molecule has 5 heteroatoms. The molecule has 0 unspecified atom stereocenters. The Morgan fingerprint density at radius 3 is 1.90 bits per heavy atom. The van der Waals surface area contributed by atoms with Gasteiger partial charge in [0, 0.05) is 27.6 Å². The maximum atomic E-state index is 15.1. The third-order valence-corrected chi connectivity index (χ3v) is 11.9. The van der Waals surface area contributed by atoms with Crippen LogP contribution in [-0.4, -0.2) is 13.0 Å². The minimum Gasteiger partial charge on any atom is -0.309 e. The Bertz CT molecular complexity index is 2900. The van der Waals surface area contributed by atoms with E-state index < -0.39 is 10.0 Å². The normalized spacial score (nSPS) is 13.6. The van der Waals surface area contributed by atoms with Crippen LogP contribution >= 0.6 is 0 Å². The highest BCUT2D eigenvalue weighted by molar-refractivity contribution is 7.93. The van der Waals surface area contributed by atoms with Gasteiger partial charge < -0.3 is 4.57 Å². The van der Waals surface area contributed by atoms with Crippen LogP contribution < -0.4 is 4.31 Å². The van der Waals surface area contributed by atoms with Gasteiger partial charge >= 0.3 is 0 Å². The van der Waals surface area contributed by atoms with Gasteiger partial charge in [-0.25, -0.2) is 12.7 Å². The Labute approximate surface area is 290 Å². The summed E-state index contributed by atoms with van der Waals surface area (Å²) in [4.78, 5) is 0.298. The first-order valence-corrected chi connectivity index (χ1v) is 18.3. The van der Waals surface area contributed by atoms with Gasteiger partial charge in [-0.2, -0.15) is 0 Å². The standard InChI is InChI=1S/C45H30N2O2S/c48-50(49)43-29-42-38(37-22-12-13-23-40(37)46(42)33-17-6-2-7-18-33)28-39(43)45-41(47(50)34-19-8-3-9-20-34)25-24-36-32(26-30-14-4-1-5-15-30)27-31-16-10-11-21-35(31)44(36)45/h1-25,27-29H,26H2. The number of nitrogens with zero attached hydrogens (tertiary/aromatic N) is 2. The lowest BCUT2D eigenvalue weighted by molar-refractivity contribution is 0.596. The van der Waals surface area contributed by atoms with Crippen LogP contribution in [0.25, 0.3) is 60.2 Å². The molecule has 0 amide bonds. The molecule has 0 fully saturated rings. The third kappa shape index (κ3) is 4.20. The van der Waals surface area contributed by atoms with Crippen molar-refractivity contribution in [1.82, 2.24) is 4.57 Å². The Balaban J connectivity index is 1.38. The second-order valence-corrected chi connectivity index (χ2v) is 14.7. The zero-order valence-electron chi connectivity index (χ0n) is 27.0. The van der Waals surface area contributed by atoms with Crippen LogP contribution in [0.15, 0.2) is 175 Å². The van der Waals surface area contributed by atoms with Crippen molar-refractivity contribution in [3.8, 4) is 16.8 Å². The summed E-state index contributed by atoms with van der Waals surface area (Å²) in [5.74, 6) is 0. The number of benzene rings is 8. The summed E-state index contributed by atoms with van der Waals surface area (Å²) >= 11 is 0. The van der Waals surface area contributed by atoms with E-state index in [4.69, 9.17) is 0 Å². The van der Waals surface area contributed by atoms with Crippen LogP contribution in [0.3, 0.4) is 0 Å². The highest BCUT2D eigenvalue weighted by atomic mass is 32.2. The Morgan fingerprint density at radius 1 is 0.500 bits per heavy atom. The van der Waals surface area contributed by atoms with Crippen LogP contribution in [-0.2, 0) is 16.4 Å². The van der Waals surface area contributed by atoms with E-state index in [1.807, 2.05) is 72.8 Å². The maximum absolute atomic E-state index is 15.1. The summed E-state index contributed by atoms with van der Waals surface area (Å²) in [7, 11) is -4.04. The summed E-state index contributed by atoms with van der Waals surface area (Å²) in [6.07, 6.45) is 0.762. The summed E-state index contributed by atoms with van der Waals surface area (Å²) < 4.78 is 33.9. The number of para-hydroxylation sites is 3. The SMILES string of the molecule is O=S1(=O)c2cc3c(cc2-c2c(ccc4c(Cc5ccccc5)cc5ccccc5c24)N1c1ccccc1)c1ccccc1n3-c1ccccc1. The van der Waals surface area contributed by atoms with Gasteiger partial charge in [0.2, 0.25) is 0 Å². The molecule has 0 aliphatic carbocycles. The molecule has 238 valence electrons. The molecular formula is C45H30N2O2S. The maximum Gasteiger partial charge on any atom is 0.269 e. The molecule has 0 saturated heterocycles. The van der Waals surface area contributed by atoms with Gasteiger partial charge in [0.15, 0.2) is 0 Å². The molecule has 8 aromatic carbocycles. The smallest absolute Gasteiger partial charge is 0.269 e. The van der Waals surface area contributed by atoms with Crippen molar-refractivity contribution in [3.05, 3.63) is 181 Å². The molecule has 0 radical (unpaired) electrons. The zero-order valence-corrected chi connectivity index (χ0v) is 27.8. The molecule has 1 aliphatic heterocycles. The van der Waals surface area contributed by atoms with Crippen molar-refractivity contribution in [1.29, 1.82) is 0 Å². The second kappa shape index (κ2) is 10.9. The fourth-order valence-electron chi connectivity index (χ4n) is 7.99. The second-order valence-electron chi connectivity index (χ2n) is 13.0. The molecule has 2 heterocycles. The van der Waals surface area contributed by atoms with Crippen LogP contribution in [0.5, 0.6) is 0 Å². The summed E-state index contributed by atoms with van der Waals surface area (Å²) in [5, 5.41) is 6.50. The zero-order chi connectivity index (χ0) is 33.4. The van der Waals surface area contributed by atoms with E-state index in [9.17, 15) is 0 Å². The predicted octanol–water partition coefficient (Wildman–Crippen LogP) is 11.2. The Kier molecular flexibility index (Phi) is 6.29. The molecule has 1 aliphatic rings. The highest BCUT2D eigenvalue weighted by Gasteiger charge is 2.38. The van der Waals surface area contributed by atoms with Gasteiger partial charge in [-0.15, -0.1) is 0 Å². The molecule has 0 bridgehead atoms. The average Bonchev–Trinajstić information content (AvgIpc) is 3.48. The van der Waals surface area contributed by atoms with Crippen molar-refractivity contribution >= 4 is 64.7 Å². The average molecular weight is 663 g/mol. The summed E-state index contributed by atoms with van der Waals surface area (Å²) in [6.45, 7) is 0. The summed E-state index contributed by atoms with van der Waals surface area (Å²) in [6, 6.07) is 57.4. The lowest BCUT2D eigenvalue weighted by Crippen LogP contribution is -2.30. The van der Waals surface area contributed by atoms with Crippen molar-refractivity contribution in [2.45, 2.75) is 11.3 Å². The van der Waals surface area contributed by atoms with E-state index in [2.05, 4.69) is 102 Å². The molecule has 50 heavy (non-hydrogen) atoms. The molecule has 9 aromatic rings. The number of fused-ring (bicyclic) bond motifs is 10. The Hall–Kier alpha value is -6.17. The minimum absolute atomic E-state index is 0.298. The fraction of sp³-hybridized carbons (Fsp3) is 0.0222.